The van der Waals surface area contributed by atoms with E-state index in [1.807, 2.05) is 24.3 Å². The average Bonchev–Trinajstić information content (AvgIpc) is 2.27. The molecule has 0 bridgehead atoms. The molecule has 1 aliphatic carbocycles. The summed E-state index contributed by atoms with van der Waals surface area (Å²) in [6.07, 6.45) is 7.89. The minimum absolute atomic E-state index is 0. The third-order valence-electron chi connectivity index (χ3n) is 1.46. The van der Waals surface area contributed by atoms with Crippen molar-refractivity contribution in [2.24, 2.45) is 9.98 Å². The number of allylic oxidation sites excluding steroid dienone is 2. The molecular weight excluding hydrogens is 203 g/mol. The van der Waals surface area contributed by atoms with Crippen LogP contribution in [0.25, 0.3) is 0 Å². The largest absolute Gasteiger partial charge is 0.247 e. The van der Waals surface area contributed by atoms with Crippen LogP contribution < -0.4 is 0 Å². The van der Waals surface area contributed by atoms with Crippen LogP contribution in [0.1, 0.15) is 0 Å². The third kappa shape index (κ3) is 1.63. The molecule has 1 heterocycles. The van der Waals surface area contributed by atoms with Crippen molar-refractivity contribution in [3.63, 3.8) is 0 Å². The molecule has 0 saturated heterocycles. The van der Waals surface area contributed by atoms with Crippen molar-refractivity contribution in [2.75, 3.05) is 0 Å². The van der Waals surface area contributed by atoms with Crippen molar-refractivity contribution in [3.8, 4) is 0 Å². The predicted molar refractivity (Wildman–Crippen MR) is 45.9 cm³/mol. The number of hydrogen-bond acceptors (Lipinski definition) is 2. The molecule has 2 aliphatic rings. The molecule has 2 nitrogen and oxygen atoms in total. The molecule has 60 valence electrons. The number of thiol groups is 1. The first-order valence-electron chi connectivity index (χ1n) is 3.06. The van der Waals surface area contributed by atoms with Crippen molar-refractivity contribution >= 4 is 23.5 Å². The van der Waals surface area contributed by atoms with E-state index in [2.05, 4.69) is 22.6 Å². The molecule has 1 atom stereocenters. The second kappa shape index (κ2) is 3.37. The summed E-state index contributed by atoms with van der Waals surface area (Å²) in [5.74, 6) is 0. The van der Waals surface area contributed by atoms with E-state index in [1.165, 1.54) is 0 Å². The molecule has 4 heteroatoms. The first-order valence-corrected chi connectivity index (χ1v) is 3.51. The first-order chi connectivity index (χ1) is 4.86. The summed E-state index contributed by atoms with van der Waals surface area (Å²) in [5, 5.41) is 0.580. The van der Waals surface area contributed by atoms with Crippen molar-refractivity contribution in [2.45, 2.75) is 6.04 Å². The second-order valence-electron chi connectivity index (χ2n) is 2.15. The zero-order chi connectivity index (χ0) is 6.97. The van der Waals surface area contributed by atoms with Crippen LogP contribution in [0.15, 0.2) is 34.3 Å². The molecule has 0 aromatic rings. The van der Waals surface area contributed by atoms with Crippen molar-refractivity contribution in [1.82, 2.24) is 0 Å². The summed E-state index contributed by atoms with van der Waals surface area (Å²) in [4.78, 5) is 8.25. The Balaban J connectivity index is 0.000000605. The Morgan fingerprint density at radius 2 is 2.18 bits per heavy atom. The van der Waals surface area contributed by atoms with Crippen LogP contribution in [0, 0.1) is 0 Å². The Morgan fingerprint density at radius 1 is 1.36 bits per heavy atom. The van der Waals surface area contributed by atoms with Crippen LogP contribution >= 0.6 is 12.6 Å². The molecular formula is C7H6N2NiS. The van der Waals surface area contributed by atoms with Gasteiger partial charge in [-0.3, -0.25) is 0 Å². The van der Waals surface area contributed by atoms with E-state index in [0.29, 0.717) is 5.17 Å². The molecule has 0 fully saturated rings. The fourth-order valence-electron chi connectivity index (χ4n) is 1.00. The van der Waals surface area contributed by atoms with E-state index in [-0.39, 0.29) is 22.5 Å². The molecule has 1 unspecified atom stereocenters. The SMILES string of the molecule is SC1=NC2C=CC=CC2=N1.[Ni]. The fraction of sp³-hybridized carbons (Fsp3) is 0.143. The number of aliphatic imine (C=N–C) groups is 2. The summed E-state index contributed by atoms with van der Waals surface area (Å²) in [5.41, 5.74) is 0.993. The van der Waals surface area contributed by atoms with E-state index >= 15 is 0 Å². The predicted octanol–water partition coefficient (Wildman–Crippen LogP) is 1.22. The smallest absolute Gasteiger partial charge is 0.181 e. The molecule has 0 aromatic carbocycles. The normalized spacial score (nSPS) is 25.4. The van der Waals surface area contributed by atoms with Gasteiger partial charge in [-0.2, -0.15) is 0 Å². The Kier molecular flexibility index (Phi) is 2.69. The molecule has 0 radical (unpaired) electrons. The van der Waals surface area contributed by atoms with Crippen LogP contribution in [0.5, 0.6) is 0 Å². The van der Waals surface area contributed by atoms with Gasteiger partial charge in [-0.05, 0) is 6.08 Å². The van der Waals surface area contributed by atoms with Gasteiger partial charge in [0, 0.05) is 16.5 Å². The van der Waals surface area contributed by atoms with Gasteiger partial charge in [0.25, 0.3) is 0 Å². The minimum atomic E-state index is 0. The summed E-state index contributed by atoms with van der Waals surface area (Å²) in [6.45, 7) is 0. The molecule has 1 aliphatic heterocycles. The zero-order valence-corrected chi connectivity index (χ0v) is 7.43. The van der Waals surface area contributed by atoms with Gasteiger partial charge in [-0.25, -0.2) is 9.98 Å². The maximum atomic E-state index is 4.15. The van der Waals surface area contributed by atoms with Crippen LogP contribution in [-0.4, -0.2) is 16.9 Å². The number of fused-ring (bicyclic) bond motifs is 1. The van der Waals surface area contributed by atoms with Gasteiger partial charge >= 0.3 is 0 Å². The minimum Gasteiger partial charge on any atom is -0.247 e. The number of nitrogens with zero attached hydrogens (tertiary/aromatic N) is 2. The quantitative estimate of drug-likeness (QED) is 0.458. The Hall–Kier alpha value is -0.336. The summed E-state index contributed by atoms with van der Waals surface area (Å²) >= 11 is 4.04. The summed E-state index contributed by atoms with van der Waals surface area (Å²) in [6, 6.07) is 0.137. The zero-order valence-electron chi connectivity index (χ0n) is 5.54. The monoisotopic (exact) mass is 208 g/mol. The van der Waals surface area contributed by atoms with Crippen LogP contribution in [0.3, 0.4) is 0 Å². The average molecular weight is 209 g/mol. The van der Waals surface area contributed by atoms with Crippen LogP contribution in [0.4, 0.5) is 0 Å². The first kappa shape index (κ1) is 8.76. The van der Waals surface area contributed by atoms with E-state index in [9.17, 15) is 0 Å². The topological polar surface area (TPSA) is 24.7 Å². The molecule has 2 rings (SSSR count). The third-order valence-corrected chi connectivity index (χ3v) is 1.67. The molecule has 0 spiro atoms. The Bertz CT molecular complexity index is 278. The van der Waals surface area contributed by atoms with Gasteiger partial charge in [-0.1, -0.05) is 18.2 Å². The number of rotatable bonds is 0. The van der Waals surface area contributed by atoms with Crippen LogP contribution in [-0.2, 0) is 16.5 Å². The Labute approximate surface area is 80.5 Å². The van der Waals surface area contributed by atoms with Crippen molar-refractivity contribution < 1.29 is 16.5 Å². The Morgan fingerprint density at radius 3 is 2.91 bits per heavy atom. The van der Waals surface area contributed by atoms with Gasteiger partial charge in [0.2, 0.25) is 0 Å². The maximum Gasteiger partial charge on any atom is 0.181 e. The fourth-order valence-corrected chi connectivity index (χ4v) is 1.24. The van der Waals surface area contributed by atoms with E-state index in [4.69, 9.17) is 0 Å². The van der Waals surface area contributed by atoms with Gasteiger partial charge in [-0.15, -0.1) is 12.6 Å². The van der Waals surface area contributed by atoms with E-state index in [0.717, 1.165) is 5.71 Å². The molecule has 0 amide bonds. The van der Waals surface area contributed by atoms with E-state index in [1.54, 1.807) is 0 Å². The molecule has 0 N–H and O–H groups in total. The maximum absolute atomic E-state index is 4.15. The molecule has 11 heavy (non-hydrogen) atoms. The van der Waals surface area contributed by atoms with Gasteiger partial charge in [0.15, 0.2) is 5.17 Å². The van der Waals surface area contributed by atoms with Crippen LogP contribution in [0.2, 0.25) is 0 Å². The van der Waals surface area contributed by atoms with Crippen molar-refractivity contribution in [1.29, 1.82) is 0 Å². The summed E-state index contributed by atoms with van der Waals surface area (Å²) in [7, 11) is 0. The number of amidine groups is 1. The van der Waals surface area contributed by atoms with Gasteiger partial charge in [0.1, 0.15) is 6.04 Å². The summed E-state index contributed by atoms with van der Waals surface area (Å²) < 4.78 is 0. The second-order valence-corrected chi connectivity index (χ2v) is 2.55. The number of hydrogen-bond donors (Lipinski definition) is 1. The van der Waals surface area contributed by atoms with E-state index < -0.39 is 0 Å². The standard InChI is InChI=1S/C7H6N2S.Ni/c10-7-8-5-3-1-2-4-6(5)9-7;/h1-5H,(H,8,10);. The van der Waals surface area contributed by atoms with Gasteiger partial charge < -0.3 is 0 Å². The van der Waals surface area contributed by atoms with Gasteiger partial charge in [0.05, 0.1) is 5.71 Å². The molecule has 0 aromatic heterocycles. The van der Waals surface area contributed by atoms with Crippen molar-refractivity contribution in [3.05, 3.63) is 24.3 Å². The molecule has 0 saturated carbocycles.